The quantitative estimate of drug-likeness (QED) is 0.746. The first-order chi connectivity index (χ1) is 7.92. The molecule has 1 aromatic carbocycles. The van der Waals surface area contributed by atoms with E-state index in [2.05, 4.69) is 20.6 Å². The smallest absolute Gasteiger partial charge is 0.154 e. The van der Waals surface area contributed by atoms with Crippen molar-refractivity contribution in [3.8, 4) is 0 Å². The molecule has 1 aromatic heterocycles. The third-order valence-corrected chi connectivity index (χ3v) is 2.92. The first-order valence-electron chi connectivity index (χ1n) is 4.69. The first kappa shape index (κ1) is 9.29. The summed E-state index contributed by atoms with van der Waals surface area (Å²) in [5.41, 5.74) is 1.14. The molecule has 0 unspecified atom stereocenters. The molecule has 0 atom stereocenters. The molecular formula is C10H7N5S. The van der Waals surface area contributed by atoms with Crippen LogP contribution in [-0.4, -0.2) is 26.5 Å². The van der Waals surface area contributed by atoms with E-state index < -0.39 is 0 Å². The summed E-state index contributed by atoms with van der Waals surface area (Å²) in [6, 6.07) is 10.1. The fourth-order valence-electron chi connectivity index (χ4n) is 1.33. The van der Waals surface area contributed by atoms with Crippen molar-refractivity contribution in [3.63, 3.8) is 0 Å². The third-order valence-electron chi connectivity index (χ3n) is 2.04. The van der Waals surface area contributed by atoms with Gasteiger partial charge in [-0.1, -0.05) is 35.4 Å². The predicted molar refractivity (Wildman–Crippen MR) is 62.0 cm³/mol. The summed E-state index contributed by atoms with van der Waals surface area (Å²) >= 11 is 1.50. The standard InChI is InChI=1S/C10H7N5S/c1-2-4-8(5-3-1)6-9-7-11-15-10(16-9)12-13-14-15/h1-7H. The van der Waals surface area contributed by atoms with Gasteiger partial charge in [-0.25, -0.2) is 0 Å². The number of hydrogen-bond donors (Lipinski definition) is 0. The van der Waals surface area contributed by atoms with Crippen LogP contribution in [0.5, 0.6) is 0 Å². The van der Waals surface area contributed by atoms with Crippen LogP contribution in [-0.2, 0) is 0 Å². The average Bonchev–Trinajstić information content (AvgIpc) is 2.77. The van der Waals surface area contributed by atoms with Crippen molar-refractivity contribution >= 4 is 24.1 Å². The Morgan fingerprint density at radius 2 is 2.06 bits per heavy atom. The summed E-state index contributed by atoms with van der Waals surface area (Å²) in [4.78, 5) is 2.43. The number of nitrogens with zero attached hydrogens (tertiary/aromatic N) is 5. The molecule has 5 nitrogen and oxygen atoms in total. The van der Waals surface area contributed by atoms with Crippen LogP contribution in [0.1, 0.15) is 5.56 Å². The molecule has 0 N–H and O–H groups in total. The Balaban J connectivity index is 1.92. The second-order valence-corrected chi connectivity index (χ2v) is 4.20. The number of hydrogen-bond acceptors (Lipinski definition) is 5. The maximum absolute atomic E-state index is 4.10. The molecule has 1 aliphatic heterocycles. The number of allylic oxidation sites excluding steroid dienone is 1. The van der Waals surface area contributed by atoms with E-state index in [9.17, 15) is 0 Å². The molecule has 0 saturated heterocycles. The van der Waals surface area contributed by atoms with Crippen LogP contribution in [0.4, 0.5) is 0 Å². The molecule has 0 aliphatic carbocycles. The Kier molecular flexibility index (Phi) is 2.26. The summed E-state index contributed by atoms with van der Waals surface area (Å²) < 4.78 is 0. The van der Waals surface area contributed by atoms with Crippen LogP contribution < -0.4 is 0 Å². The van der Waals surface area contributed by atoms with Crippen molar-refractivity contribution in [1.82, 2.24) is 20.3 Å². The number of rotatable bonds is 1. The topological polar surface area (TPSA) is 56.0 Å². The SMILES string of the molecule is C1=Nn2nnnc2SC1=Cc1ccccc1. The Morgan fingerprint density at radius 1 is 1.19 bits per heavy atom. The highest BCUT2D eigenvalue weighted by Gasteiger charge is 2.12. The average molecular weight is 229 g/mol. The van der Waals surface area contributed by atoms with E-state index in [-0.39, 0.29) is 0 Å². The minimum absolute atomic E-state index is 0.685. The number of aromatic nitrogens is 4. The highest BCUT2D eigenvalue weighted by molar-refractivity contribution is 8.04. The normalized spacial score (nSPS) is 16.4. The molecule has 0 fully saturated rings. The van der Waals surface area contributed by atoms with E-state index >= 15 is 0 Å². The van der Waals surface area contributed by atoms with Crippen LogP contribution in [0, 0.1) is 0 Å². The molecule has 0 radical (unpaired) electrons. The Labute approximate surface area is 95.9 Å². The minimum Gasteiger partial charge on any atom is -0.154 e. The van der Waals surface area contributed by atoms with Gasteiger partial charge in [-0.2, -0.15) is 5.10 Å². The molecule has 0 bridgehead atoms. The van der Waals surface area contributed by atoms with Crippen molar-refractivity contribution < 1.29 is 0 Å². The Hall–Kier alpha value is -1.95. The lowest BCUT2D eigenvalue weighted by molar-refractivity contribution is 0.645. The van der Waals surface area contributed by atoms with E-state index in [1.54, 1.807) is 6.21 Å². The molecule has 3 rings (SSSR count). The van der Waals surface area contributed by atoms with E-state index in [0.717, 1.165) is 10.5 Å². The van der Waals surface area contributed by atoms with E-state index in [1.165, 1.54) is 16.6 Å². The molecule has 6 heteroatoms. The van der Waals surface area contributed by atoms with Gasteiger partial charge in [0.15, 0.2) is 0 Å². The molecular weight excluding hydrogens is 222 g/mol. The lowest BCUT2D eigenvalue weighted by Gasteiger charge is -2.05. The Morgan fingerprint density at radius 3 is 2.94 bits per heavy atom. The molecule has 78 valence electrons. The van der Waals surface area contributed by atoms with Gasteiger partial charge in [-0.05, 0) is 33.8 Å². The second-order valence-electron chi connectivity index (χ2n) is 3.15. The van der Waals surface area contributed by atoms with Gasteiger partial charge in [-0.15, -0.1) is 4.79 Å². The zero-order chi connectivity index (χ0) is 10.8. The number of tetrazole rings is 1. The molecule has 0 amide bonds. The predicted octanol–water partition coefficient (Wildman–Crippen LogP) is 1.65. The number of fused-ring (bicyclic) bond motifs is 1. The van der Waals surface area contributed by atoms with Crippen molar-refractivity contribution in [3.05, 3.63) is 40.8 Å². The summed E-state index contributed by atoms with van der Waals surface area (Å²) in [6.45, 7) is 0. The van der Waals surface area contributed by atoms with Gasteiger partial charge in [-0.3, -0.25) is 0 Å². The summed E-state index contributed by atoms with van der Waals surface area (Å²) in [7, 11) is 0. The molecule has 0 saturated carbocycles. The van der Waals surface area contributed by atoms with E-state index in [0.29, 0.717) is 5.16 Å². The van der Waals surface area contributed by atoms with Crippen LogP contribution in [0.2, 0.25) is 0 Å². The monoisotopic (exact) mass is 229 g/mol. The molecule has 0 spiro atoms. The van der Waals surface area contributed by atoms with Gasteiger partial charge >= 0.3 is 0 Å². The largest absolute Gasteiger partial charge is 0.238 e. The van der Waals surface area contributed by atoms with E-state index in [1.807, 2.05) is 36.4 Å². The lowest BCUT2D eigenvalue weighted by atomic mass is 10.2. The van der Waals surface area contributed by atoms with Gasteiger partial charge in [0.2, 0.25) is 5.16 Å². The van der Waals surface area contributed by atoms with Gasteiger partial charge < -0.3 is 0 Å². The number of benzene rings is 1. The van der Waals surface area contributed by atoms with E-state index in [4.69, 9.17) is 0 Å². The minimum atomic E-state index is 0.685. The highest BCUT2D eigenvalue weighted by Crippen LogP contribution is 2.27. The van der Waals surface area contributed by atoms with Gasteiger partial charge in [0.05, 0.1) is 6.21 Å². The van der Waals surface area contributed by atoms with Gasteiger partial charge in [0.1, 0.15) is 0 Å². The first-order valence-corrected chi connectivity index (χ1v) is 5.51. The Bertz CT molecular complexity index is 558. The summed E-state index contributed by atoms with van der Waals surface area (Å²) in [6.07, 6.45) is 3.80. The van der Waals surface area contributed by atoms with Crippen LogP contribution in [0.25, 0.3) is 6.08 Å². The second kappa shape index (κ2) is 3.90. The van der Waals surface area contributed by atoms with Crippen molar-refractivity contribution in [2.75, 3.05) is 0 Å². The van der Waals surface area contributed by atoms with Gasteiger partial charge in [0.25, 0.3) is 0 Å². The van der Waals surface area contributed by atoms with Crippen molar-refractivity contribution in [1.29, 1.82) is 0 Å². The number of thioether (sulfide) groups is 1. The fourth-order valence-corrected chi connectivity index (χ4v) is 2.08. The highest BCUT2D eigenvalue weighted by atomic mass is 32.2. The molecule has 1 aliphatic rings. The fraction of sp³-hybridized carbons (Fsp3) is 0. The summed E-state index contributed by atoms with van der Waals surface area (Å²) in [5.74, 6) is 0. The van der Waals surface area contributed by atoms with Crippen LogP contribution in [0.15, 0.2) is 45.5 Å². The third kappa shape index (κ3) is 1.74. The molecule has 2 aromatic rings. The maximum atomic E-state index is 4.10. The zero-order valence-electron chi connectivity index (χ0n) is 8.19. The summed E-state index contributed by atoms with van der Waals surface area (Å²) in [5, 5.41) is 15.9. The maximum Gasteiger partial charge on any atom is 0.238 e. The lowest BCUT2D eigenvalue weighted by Crippen LogP contribution is -2.00. The van der Waals surface area contributed by atoms with Crippen LogP contribution in [0.3, 0.4) is 0 Å². The molecule has 16 heavy (non-hydrogen) atoms. The van der Waals surface area contributed by atoms with Gasteiger partial charge in [0, 0.05) is 4.91 Å². The van der Waals surface area contributed by atoms with Crippen LogP contribution >= 0.6 is 11.8 Å². The molecule has 2 heterocycles. The zero-order valence-corrected chi connectivity index (χ0v) is 9.00. The van der Waals surface area contributed by atoms with Crippen molar-refractivity contribution in [2.45, 2.75) is 5.16 Å². The van der Waals surface area contributed by atoms with Crippen molar-refractivity contribution in [2.24, 2.45) is 5.10 Å².